The first kappa shape index (κ1) is 12.2. The van der Waals surface area contributed by atoms with Gasteiger partial charge in [0.15, 0.2) is 5.78 Å². The molecule has 1 unspecified atom stereocenters. The first-order valence-corrected chi connectivity index (χ1v) is 6.46. The molecule has 1 N–H and O–H groups in total. The molecule has 0 fully saturated rings. The van der Waals surface area contributed by atoms with Crippen LogP contribution in [-0.4, -0.2) is 15.7 Å². The minimum atomic E-state index is -0.338. The maximum absolute atomic E-state index is 12.4. The monoisotopic (exact) mass is 277 g/mol. The molecule has 0 spiro atoms. The Morgan fingerprint density at radius 2 is 2.05 bits per heavy atom. The van der Waals surface area contributed by atoms with Gasteiger partial charge in [-0.05, 0) is 30.5 Å². The molecule has 19 heavy (non-hydrogen) atoms. The SMILES string of the molecule is CC1CC(=O)c2c(n(O)c3ccc(Cl)cc3c2=O)C1. The van der Waals surface area contributed by atoms with Gasteiger partial charge >= 0.3 is 0 Å². The zero-order valence-electron chi connectivity index (χ0n) is 10.3. The van der Waals surface area contributed by atoms with Gasteiger partial charge < -0.3 is 5.21 Å². The minimum Gasteiger partial charge on any atom is -0.428 e. The second-order valence-corrected chi connectivity index (χ2v) is 5.50. The molecule has 1 aliphatic carbocycles. The van der Waals surface area contributed by atoms with E-state index in [-0.39, 0.29) is 28.1 Å². The third-order valence-corrected chi connectivity index (χ3v) is 3.79. The molecule has 1 atom stereocenters. The molecule has 0 saturated carbocycles. The van der Waals surface area contributed by atoms with Gasteiger partial charge in [-0.25, -0.2) is 0 Å². The van der Waals surface area contributed by atoms with Crippen LogP contribution in [0.4, 0.5) is 0 Å². The van der Waals surface area contributed by atoms with Gasteiger partial charge in [-0.1, -0.05) is 18.5 Å². The van der Waals surface area contributed by atoms with Gasteiger partial charge in [-0.15, -0.1) is 0 Å². The van der Waals surface area contributed by atoms with E-state index < -0.39 is 0 Å². The molecular weight excluding hydrogens is 266 g/mol. The number of rotatable bonds is 0. The highest BCUT2D eigenvalue weighted by molar-refractivity contribution is 6.31. The summed E-state index contributed by atoms with van der Waals surface area (Å²) in [6, 6.07) is 4.68. The molecule has 5 heteroatoms. The number of Topliss-reactive ketones (excluding diaryl/α,β-unsaturated/α-hetero) is 1. The van der Waals surface area contributed by atoms with Crippen LogP contribution in [0.15, 0.2) is 23.0 Å². The lowest BCUT2D eigenvalue weighted by Crippen LogP contribution is -2.30. The third kappa shape index (κ3) is 1.75. The van der Waals surface area contributed by atoms with Crippen molar-refractivity contribution in [2.45, 2.75) is 19.8 Å². The Balaban J connectivity index is 2.47. The van der Waals surface area contributed by atoms with Crippen LogP contribution in [0.3, 0.4) is 0 Å². The number of ketones is 1. The number of fused-ring (bicyclic) bond motifs is 2. The fourth-order valence-corrected chi connectivity index (χ4v) is 2.86. The lowest BCUT2D eigenvalue weighted by Gasteiger charge is -2.22. The van der Waals surface area contributed by atoms with Crippen LogP contribution in [0.5, 0.6) is 0 Å². The summed E-state index contributed by atoms with van der Waals surface area (Å²) in [6.45, 7) is 1.93. The van der Waals surface area contributed by atoms with Crippen molar-refractivity contribution in [3.63, 3.8) is 0 Å². The molecule has 2 aromatic rings. The zero-order chi connectivity index (χ0) is 13.7. The van der Waals surface area contributed by atoms with Crippen LogP contribution in [-0.2, 0) is 6.42 Å². The van der Waals surface area contributed by atoms with E-state index in [4.69, 9.17) is 11.6 Å². The van der Waals surface area contributed by atoms with Crippen molar-refractivity contribution >= 4 is 28.3 Å². The quantitative estimate of drug-likeness (QED) is 0.753. The van der Waals surface area contributed by atoms with Crippen LogP contribution in [0.2, 0.25) is 5.02 Å². The van der Waals surface area contributed by atoms with Crippen molar-refractivity contribution in [1.82, 2.24) is 4.73 Å². The highest BCUT2D eigenvalue weighted by Gasteiger charge is 2.29. The Kier molecular flexibility index (Phi) is 2.64. The van der Waals surface area contributed by atoms with Gasteiger partial charge in [0, 0.05) is 11.4 Å². The lowest BCUT2D eigenvalue weighted by atomic mass is 9.86. The predicted octanol–water partition coefficient (Wildman–Crippen LogP) is 2.66. The summed E-state index contributed by atoms with van der Waals surface area (Å²) in [5.41, 5.74) is 0.559. The van der Waals surface area contributed by atoms with E-state index in [1.165, 1.54) is 6.07 Å². The summed E-state index contributed by atoms with van der Waals surface area (Å²) in [5, 5.41) is 10.9. The zero-order valence-corrected chi connectivity index (χ0v) is 11.1. The molecular formula is C14H12ClNO3. The summed E-state index contributed by atoms with van der Waals surface area (Å²) >= 11 is 5.87. The van der Waals surface area contributed by atoms with E-state index in [0.717, 1.165) is 4.73 Å². The Labute approximate surface area is 114 Å². The van der Waals surface area contributed by atoms with Crippen LogP contribution in [0, 0.1) is 5.92 Å². The number of carbonyl (C=O) groups is 1. The Hall–Kier alpha value is -1.81. The molecule has 1 aliphatic rings. The van der Waals surface area contributed by atoms with E-state index in [1.54, 1.807) is 12.1 Å². The van der Waals surface area contributed by atoms with Crippen molar-refractivity contribution in [1.29, 1.82) is 0 Å². The highest BCUT2D eigenvalue weighted by Crippen LogP contribution is 2.26. The normalized spacial score (nSPS) is 18.6. The van der Waals surface area contributed by atoms with Gasteiger partial charge in [0.1, 0.15) is 0 Å². The average molecular weight is 278 g/mol. The highest BCUT2D eigenvalue weighted by atomic mass is 35.5. The van der Waals surface area contributed by atoms with Crippen molar-refractivity contribution in [2.24, 2.45) is 5.92 Å². The van der Waals surface area contributed by atoms with E-state index in [9.17, 15) is 14.8 Å². The summed E-state index contributed by atoms with van der Waals surface area (Å²) in [6.07, 6.45) is 0.861. The van der Waals surface area contributed by atoms with E-state index in [1.807, 2.05) is 6.92 Å². The molecule has 4 nitrogen and oxygen atoms in total. The number of hydrogen-bond donors (Lipinski definition) is 1. The maximum atomic E-state index is 12.4. The average Bonchev–Trinajstić information content (AvgIpc) is 2.35. The summed E-state index contributed by atoms with van der Waals surface area (Å²) < 4.78 is 0.954. The number of hydrogen-bond acceptors (Lipinski definition) is 3. The molecule has 0 aliphatic heterocycles. The molecule has 3 rings (SSSR count). The Morgan fingerprint density at radius 3 is 2.79 bits per heavy atom. The topological polar surface area (TPSA) is 59.3 Å². The van der Waals surface area contributed by atoms with Crippen LogP contribution >= 0.6 is 11.6 Å². The number of nitrogens with zero attached hydrogens (tertiary/aromatic N) is 1. The molecule has 1 aromatic carbocycles. The van der Waals surface area contributed by atoms with E-state index in [0.29, 0.717) is 29.1 Å². The number of benzene rings is 1. The van der Waals surface area contributed by atoms with Crippen molar-refractivity contribution in [3.05, 3.63) is 44.7 Å². The molecule has 98 valence electrons. The molecule has 0 bridgehead atoms. The van der Waals surface area contributed by atoms with Gasteiger partial charge in [-0.2, -0.15) is 4.73 Å². The summed E-state index contributed by atoms with van der Waals surface area (Å²) in [7, 11) is 0. The number of aromatic nitrogens is 1. The van der Waals surface area contributed by atoms with Crippen LogP contribution in [0.1, 0.15) is 29.4 Å². The van der Waals surface area contributed by atoms with E-state index >= 15 is 0 Å². The predicted molar refractivity (Wildman–Crippen MR) is 72.2 cm³/mol. The van der Waals surface area contributed by atoms with Crippen molar-refractivity contribution in [3.8, 4) is 0 Å². The first-order chi connectivity index (χ1) is 8.99. The van der Waals surface area contributed by atoms with Crippen LogP contribution < -0.4 is 5.43 Å². The first-order valence-electron chi connectivity index (χ1n) is 6.08. The number of pyridine rings is 1. The molecule has 0 saturated heterocycles. The lowest BCUT2D eigenvalue weighted by molar-refractivity contribution is 0.0936. The van der Waals surface area contributed by atoms with Gasteiger partial charge in [-0.3, -0.25) is 9.59 Å². The minimum absolute atomic E-state index is 0.107. The molecule has 0 amide bonds. The van der Waals surface area contributed by atoms with Crippen molar-refractivity contribution < 1.29 is 10.0 Å². The fraction of sp³-hybridized carbons (Fsp3) is 0.286. The van der Waals surface area contributed by atoms with Gasteiger partial charge in [0.2, 0.25) is 5.43 Å². The van der Waals surface area contributed by atoms with Gasteiger partial charge in [0.25, 0.3) is 0 Å². The molecule has 1 aromatic heterocycles. The van der Waals surface area contributed by atoms with E-state index in [2.05, 4.69) is 0 Å². The fourth-order valence-electron chi connectivity index (χ4n) is 2.69. The summed E-state index contributed by atoms with van der Waals surface area (Å²) in [4.78, 5) is 24.4. The standard InChI is InChI=1S/C14H12ClNO3/c1-7-4-11-13(12(17)5-7)14(18)9-6-8(15)2-3-10(9)16(11)19/h2-3,6-7,19H,4-5H2,1H3. The summed E-state index contributed by atoms with van der Waals surface area (Å²) in [5.74, 6) is -0.0778. The smallest absolute Gasteiger partial charge is 0.200 e. The Morgan fingerprint density at radius 1 is 1.32 bits per heavy atom. The molecule has 0 radical (unpaired) electrons. The van der Waals surface area contributed by atoms with Gasteiger partial charge in [0.05, 0.1) is 22.2 Å². The second kappa shape index (κ2) is 4.10. The second-order valence-electron chi connectivity index (χ2n) is 5.06. The number of carbonyl (C=O) groups excluding carboxylic acids is 1. The third-order valence-electron chi connectivity index (χ3n) is 3.56. The maximum Gasteiger partial charge on any atom is 0.200 e. The van der Waals surface area contributed by atoms with Crippen molar-refractivity contribution in [2.75, 3.05) is 0 Å². The Bertz CT molecular complexity index is 763. The largest absolute Gasteiger partial charge is 0.428 e. The van der Waals surface area contributed by atoms with Crippen LogP contribution in [0.25, 0.3) is 10.9 Å². The number of halogens is 1. The molecule has 1 heterocycles.